The average Bonchev–Trinajstić information content (AvgIpc) is 2.87. The Morgan fingerprint density at radius 3 is 2.52 bits per heavy atom. The van der Waals surface area contributed by atoms with Crippen LogP contribution >= 0.6 is 15.9 Å². The number of benzene rings is 1. The SMILES string of the molecule is Cn1ncc(Br)c1C(=O)C1(c2ccccc2)CCOCC1. The van der Waals surface area contributed by atoms with Gasteiger partial charge in [0, 0.05) is 20.3 Å². The lowest BCUT2D eigenvalue weighted by Gasteiger charge is -2.36. The molecule has 2 aromatic rings. The minimum Gasteiger partial charge on any atom is -0.381 e. The van der Waals surface area contributed by atoms with E-state index in [1.54, 1.807) is 17.9 Å². The molecule has 3 rings (SSSR count). The zero-order chi connectivity index (χ0) is 14.9. The smallest absolute Gasteiger partial charge is 0.192 e. The maximum atomic E-state index is 13.3. The van der Waals surface area contributed by atoms with Gasteiger partial charge in [0.1, 0.15) is 5.69 Å². The van der Waals surface area contributed by atoms with Gasteiger partial charge < -0.3 is 4.74 Å². The Morgan fingerprint density at radius 1 is 1.29 bits per heavy atom. The highest BCUT2D eigenvalue weighted by atomic mass is 79.9. The maximum absolute atomic E-state index is 13.3. The van der Waals surface area contributed by atoms with Crippen LogP contribution in [0.2, 0.25) is 0 Å². The van der Waals surface area contributed by atoms with Crippen molar-refractivity contribution in [2.45, 2.75) is 18.3 Å². The van der Waals surface area contributed by atoms with E-state index in [9.17, 15) is 4.79 Å². The molecule has 21 heavy (non-hydrogen) atoms. The molecule has 1 aliphatic heterocycles. The van der Waals surface area contributed by atoms with E-state index in [0.29, 0.717) is 31.7 Å². The lowest BCUT2D eigenvalue weighted by atomic mass is 9.70. The first-order valence-electron chi connectivity index (χ1n) is 7.01. The third kappa shape index (κ3) is 2.45. The molecule has 110 valence electrons. The number of hydrogen-bond donors (Lipinski definition) is 0. The second-order valence-corrected chi connectivity index (χ2v) is 6.21. The van der Waals surface area contributed by atoms with Crippen molar-refractivity contribution in [1.29, 1.82) is 0 Å². The van der Waals surface area contributed by atoms with Gasteiger partial charge in [-0.2, -0.15) is 5.10 Å². The van der Waals surface area contributed by atoms with Crippen molar-refractivity contribution in [1.82, 2.24) is 9.78 Å². The molecule has 1 fully saturated rings. The second kappa shape index (κ2) is 5.73. The predicted octanol–water partition coefficient (Wildman–Crippen LogP) is 3.11. The van der Waals surface area contributed by atoms with E-state index in [-0.39, 0.29) is 5.78 Å². The number of ketones is 1. The third-order valence-corrected chi connectivity index (χ3v) is 4.80. The van der Waals surface area contributed by atoms with E-state index in [4.69, 9.17) is 4.74 Å². The molecule has 0 N–H and O–H groups in total. The first-order valence-corrected chi connectivity index (χ1v) is 7.80. The lowest BCUT2D eigenvalue weighted by molar-refractivity contribution is 0.0417. The number of halogens is 1. The number of ether oxygens (including phenoxy) is 1. The number of Topliss-reactive ketones (excluding diaryl/α,β-unsaturated/α-hetero) is 1. The Morgan fingerprint density at radius 2 is 1.95 bits per heavy atom. The predicted molar refractivity (Wildman–Crippen MR) is 83.4 cm³/mol. The molecule has 1 aromatic carbocycles. The Kier molecular flexibility index (Phi) is 3.95. The molecule has 0 spiro atoms. The van der Waals surface area contributed by atoms with Crippen LogP contribution in [0.1, 0.15) is 28.9 Å². The molecule has 0 saturated carbocycles. The molecule has 5 heteroatoms. The Balaban J connectivity index is 2.10. The molecular weight excluding hydrogens is 332 g/mol. The van der Waals surface area contributed by atoms with E-state index < -0.39 is 5.41 Å². The molecule has 1 saturated heterocycles. The zero-order valence-electron chi connectivity index (χ0n) is 11.9. The normalized spacial score (nSPS) is 17.6. The summed E-state index contributed by atoms with van der Waals surface area (Å²) in [7, 11) is 1.80. The summed E-state index contributed by atoms with van der Waals surface area (Å²) in [4.78, 5) is 13.3. The summed E-state index contributed by atoms with van der Waals surface area (Å²) in [5.41, 5.74) is 1.17. The molecule has 0 amide bonds. The van der Waals surface area contributed by atoms with Crippen LogP contribution in [0, 0.1) is 0 Å². The van der Waals surface area contributed by atoms with Crippen molar-refractivity contribution in [2.75, 3.05) is 13.2 Å². The zero-order valence-corrected chi connectivity index (χ0v) is 13.5. The fourth-order valence-electron chi connectivity index (χ4n) is 3.02. The first-order chi connectivity index (χ1) is 10.1. The molecule has 1 aromatic heterocycles. The topological polar surface area (TPSA) is 44.1 Å². The van der Waals surface area contributed by atoms with Crippen LogP contribution < -0.4 is 0 Å². The van der Waals surface area contributed by atoms with E-state index in [0.717, 1.165) is 10.0 Å². The highest BCUT2D eigenvalue weighted by molar-refractivity contribution is 9.10. The molecular formula is C16H17BrN2O2. The van der Waals surface area contributed by atoms with Crippen LogP contribution in [0.25, 0.3) is 0 Å². The van der Waals surface area contributed by atoms with Crippen LogP contribution in [0.3, 0.4) is 0 Å². The fraction of sp³-hybridized carbons (Fsp3) is 0.375. The first kappa shape index (κ1) is 14.5. The molecule has 4 nitrogen and oxygen atoms in total. The van der Waals surface area contributed by atoms with Crippen LogP contribution in [-0.4, -0.2) is 28.8 Å². The summed E-state index contributed by atoms with van der Waals surface area (Å²) >= 11 is 3.45. The van der Waals surface area contributed by atoms with Gasteiger partial charge in [0.25, 0.3) is 0 Å². The fourth-order valence-corrected chi connectivity index (χ4v) is 3.54. The Hall–Kier alpha value is -1.46. The largest absolute Gasteiger partial charge is 0.381 e. The molecule has 2 heterocycles. The average molecular weight is 349 g/mol. The van der Waals surface area contributed by atoms with Gasteiger partial charge in [-0.15, -0.1) is 0 Å². The van der Waals surface area contributed by atoms with E-state index in [2.05, 4.69) is 21.0 Å². The number of hydrogen-bond acceptors (Lipinski definition) is 3. The van der Waals surface area contributed by atoms with Gasteiger partial charge in [-0.05, 0) is 34.3 Å². The minimum absolute atomic E-state index is 0.115. The van der Waals surface area contributed by atoms with Crippen molar-refractivity contribution in [3.8, 4) is 0 Å². The van der Waals surface area contributed by atoms with Crippen molar-refractivity contribution in [3.63, 3.8) is 0 Å². The van der Waals surface area contributed by atoms with Gasteiger partial charge in [-0.25, -0.2) is 0 Å². The van der Waals surface area contributed by atoms with E-state index >= 15 is 0 Å². The summed E-state index contributed by atoms with van der Waals surface area (Å²) in [6, 6.07) is 10.0. The quantitative estimate of drug-likeness (QED) is 0.800. The molecule has 1 aliphatic rings. The van der Waals surface area contributed by atoms with E-state index in [1.807, 2.05) is 30.3 Å². The number of rotatable bonds is 3. The summed E-state index contributed by atoms with van der Waals surface area (Å²) in [5, 5.41) is 4.17. The minimum atomic E-state index is -0.518. The Labute approximate surface area is 132 Å². The van der Waals surface area contributed by atoms with Crippen LogP contribution in [0.4, 0.5) is 0 Å². The molecule has 0 aliphatic carbocycles. The Bertz CT molecular complexity index is 626. The summed E-state index contributed by atoms with van der Waals surface area (Å²) < 4.78 is 7.88. The third-order valence-electron chi connectivity index (χ3n) is 4.22. The number of aromatic nitrogens is 2. The van der Waals surface area contributed by atoms with Crippen LogP contribution in [-0.2, 0) is 17.2 Å². The molecule has 0 bridgehead atoms. The number of aryl methyl sites for hydroxylation is 1. The summed E-state index contributed by atoms with van der Waals surface area (Å²) in [5.74, 6) is 0.115. The van der Waals surface area contributed by atoms with Gasteiger partial charge in [-0.3, -0.25) is 9.48 Å². The molecule has 0 unspecified atom stereocenters. The highest BCUT2D eigenvalue weighted by Crippen LogP contribution is 2.39. The number of carbonyl (C=O) groups is 1. The molecule has 0 atom stereocenters. The van der Waals surface area contributed by atoms with Gasteiger partial charge in [0.05, 0.1) is 16.1 Å². The van der Waals surface area contributed by atoms with Crippen molar-refractivity contribution >= 4 is 21.7 Å². The maximum Gasteiger partial charge on any atom is 0.192 e. The van der Waals surface area contributed by atoms with Crippen molar-refractivity contribution in [2.24, 2.45) is 7.05 Å². The monoisotopic (exact) mass is 348 g/mol. The number of carbonyl (C=O) groups excluding carboxylic acids is 1. The van der Waals surface area contributed by atoms with E-state index in [1.165, 1.54) is 0 Å². The second-order valence-electron chi connectivity index (χ2n) is 5.35. The summed E-state index contributed by atoms with van der Waals surface area (Å²) in [6.45, 7) is 1.21. The van der Waals surface area contributed by atoms with Crippen molar-refractivity contribution < 1.29 is 9.53 Å². The van der Waals surface area contributed by atoms with Gasteiger partial charge in [0.15, 0.2) is 5.78 Å². The van der Waals surface area contributed by atoms with Crippen LogP contribution in [0.15, 0.2) is 41.0 Å². The summed E-state index contributed by atoms with van der Waals surface area (Å²) in [6.07, 6.45) is 3.08. The highest BCUT2D eigenvalue weighted by Gasteiger charge is 2.43. The molecule has 0 radical (unpaired) electrons. The lowest BCUT2D eigenvalue weighted by Crippen LogP contribution is -2.42. The standard InChI is InChI=1S/C16H17BrN2O2/c1-19-14(13(17)11-18-19)15(20)16(7-9-21-10-8-16)12-5-3-2-4-6-12/h2-6,11H,7-10H2,1H3. The van der Waals surface area contributed by atoms with Gasteiger partial charge >= 0.3 is 0 Å². The number of nitrogens with zero attached hydrogens (tertiary/aromatic N) is 2. The van der Waals surface area contributed by atoms with Gasteiger partial charge in [0.2, 0.25) is 0 Å². The van der Waals surface area contributed by atoms with Crippen molar-refractivity contribution in [3.05, 3.63) is 52.3 Å². The van der Waals surface area contributed by atoms with Gasteiger partial charge in [-0.1, -0.05) is 30.3 Å². The van der Waals surface area contributed by atoms with Crippen LogP contribution in [0.5, 0.6) is 0 Å².